The second kappa shape index (κ2) is 10.1. The smallest absolute Gasteiger partial charge is 0.352 e. The molecule has 0 radical (unpaired) electrons. The van der Waals surface area contributed by atoms with Crippen LogP contribution in [0.3, 0.4) is 0 Å². The van der Waals surface area contributed by atoms with E-state index < -0.39 is 41.1 Å². The number of hydrogen-bond acceptors (Lipinski definition) is 9. The molecule has 4 rings (SSSR count). The number of carboxylic acid groups (broad SMARTS) is 1. The number of nitrogens with one attached hydrogen (secondary N) is 2. The molecule has 2 aliphatic heterocycles. The molecular formula is C19H17Cl2N7O5S2. The zero-order valence-corrected chi connectivity index (χ0v) is 20.7. The first-order valence-corrected chi connectivity index (χ1v) is 12.6. The van der Waals surface area contributed by atoms with E-state index in [2.05, 4.69) is 20.7 Å². The van der Waals surface area contributed by atoms with E-state index in [1.807, 2.05) is 0 Å². The molecule has 35 heavy (non-hydrogen) atoms. The average Bonchev–Trinajstić information content (AvgIpc) is 3.30. The van der Waals surface area contributed by atoms with Crippen molar-refractivity contribution in [3.8, 4) is 0 Å². The van der Waals surface area contributed by atoms with Gasteiger partial charge >= 0.3 is 5.97 Å². The lowest BCUT2D eigenvalue weighted by Crippen LogP contribution is -2.71. The van der Waals surface area contributed by atoms with Gasteiger partial charge in [-0.3, -0.25) is 24.4 Å². The quantitative estimate of drug-likeness (QED) is 0.228. The fraction of sp³-hybridized carbons (Fsp3) is 0.263. The molecule has 0 aliphatic carbocycles. The molecule has 184 valence electrons. The van der Waals surface area contributed by atoms with Crippen molar-refractivity contribution in [2.75, 3.05) is 11.5 Å². The number of β-lactam (4-membered cyclic amide) rings is 1. The maximum atomic E-state index is 12.9. The Morgan fingerprint density at radius 3 is 2.74 bits per heavy atom. The third-order valence-corrected chi connectivity index (χ3v) is 8.42. The summed E-state index contributed by atoms with van der Waals surface area (Å²) in [6.45, 7) is 0. The van der Waals surface area contributed by atoms with Crippen LogP contribution in [0, 0.1) is 0 Å². The van der Waals surface area contributed by atoms with Gasteiger partial charge in [0.25, 0.3) is 11.8 Å². The first kappa shape index (κ1) is 25.3. The number of carbonyl (C=O) groups is 4. The number of amides is 3. The molecule has 3 amide bonds. The van der Waals surface area contributed by atoms with Crippen molar-refractivity contribution in [2.24, 2.45) is 11.5 Å². The highest BCUT2D eigenvalue weighted by Gasteiger charge is 2.54. The first-order chi connectivity index (χ1) is 16.6. The third kappa shape index (κ3) is 4.84. The number of benzene rings is 1. The fourth-order valence-corrected chi connectivity index (χ4v) is 6.26. The number of carbonyl (C=O) groups excluding carboxylic acids is 3. The summed E-state index contributed by atoms with van der Waals surface area (Å²) in [6.07, 6.45) is 0. The summed E-state index contributed by atoms with van der Waals surface area (Å²) in [7, 11) is 0. The Morgan fingerprint density at radius 1 is 1.34 bits per heavy atom. The lowest BCUT2D eigenvalue weighted by molar-refractivity contribution is -0.150. The van der Waals surface area contributed by atoms with Crippen LogP contribution in [0.5, 0.6) is 0 Å². The van der Waals surface area contributed by atoms with Crippen molar-refractivity contribution >= 4 is 70.4 Å². The molecule has 3 atom stereocenters. The van der Waals surface area contributed by atoms with Crippen LogP contribution in [0.2, 0.25) is 10.0 Å². The summed E-state index contributed by atoms with van der Waals surface area (Å²) < 4.78 is 0. The van der Waals surface area contributed by atoms with Gasteiger partial charge in [0.1, 0.15) is 28.2 Å². The van der Waals surface area contributed by atoms with E-state index in [1.165, 1.54) is 23.9 Å². The molecule has 1 fully saturated rings. The van der Waals surface area contributed by atoms with Crippen LogP contribution >= 0.6 is 46.7 Å². The van der Waals surface area contributed by atoms with Crippen LogP contribution in [0.15, 0.2) is 34.5 Å². The normalized spacial score (nSPS) is 20.2. The molecule has 2 aromatic rings. The van der Waals surface area contributed by atoms with E-state index >= 15 is 0 Å². The van der Waals surface area contributed by atoms with Crippen LogP contribution in [0.1, 0.15) is 22.1 Å². The number of nitrogens with zero attached hydrogens (tertiary/aromatic N) is 3. The van der Waals surface area contributed by atoms with E-state index in [4.69, 9.17) is 34.7 Å². The number of carboxylic acids is 1. The van der Waals surface area contributed by atoms with E-state index in [9.17, 15) is 24.3 Å². The standard InChI is InChI=1S/C19H17Cl2N7O5S2/c20-8-2-1-6(3-9(8)21)10(22)15(30)24-12-17(31)28-13(19(32)33)7(5-35-18(12)28)4-34-16-11(14(23)29)25-27-26-16/h1-3,10,12,18H,4-5,22H2,(H2,23,29)(H,24,30)(H,32,33)(H,25,26,27)/t10?,12?,18-/m0/s1. The van der Waals surface area contributed by atoms with Gasteiger partial charge in [0.2, 0.25) is 5.91 Å². The van der Waals surface area contributed by atoms with Gasteiger partial charge < -0.3 is 21.9 Å². The number of thioether (sulfide) groups is 2. The number of primary amides is 1. The minimum atomic E-state index is -1.28. The van der Waals surface area contributed by atoms with Crippen molar-refractivity contribution in [3.63, 3.8) is 0 Å². The Kier molecular flexibility index (Phi) is 7.28. The molecule has 12 nitrogen and oxygen atoms in total. The summed E-state index contributed by atoms with van der Waals surface area (Å²) in [5, 5.41) is 22.3. The Balaban J connectivity index is 1.46. The minimum absolute atomic E-state index is 0.0602. The summed E-state index contributed by atoms with van der Waals surface area (Å²) in [4.78, 5) is 50.1. The molecule has 0 spiro atoms. The molecule has 2 unspecified atom stereocenters. The number of rotatable bonds is 8. The molecule has 0 bridgehead atoms. The highest BCUT2D eigenvalue weighted by atomic mass is 35.5. The fourth-order valence-electron chi connectivity index (χ4n) is 3.53. The maximum Gasteiger partial charge on any atom is 0.352 e. The largest absolute Gasteiger partial charge is 0.477 e. The molecule has 7 N–H and O–H groups in total. The van der Waals surface area contributed by atoms with Gasteiger partial charge in [-0.25, -0.2) is 4.79 Å². The maximum absolute atomic E-state index is 12.9. The number of H-pyrrole nitrogens is 1. The third-order valence-electron chi connectivity index (χ3n) is 5.27. The Labute approximate surface area is 216 Å². The number of aromatic nitrogens is 3. The van der Waals surface area contributed by atoms with Gasteiger partial charge in [-0.15, -0.1) is 16.9 Å². The minimum Gasteiger partial charge on any atom is -0.477 e. The molecule has 1 aromatic heterocycles. The second-order valence-electron chi connectivity index (χ2n) is 7.45. The predicted molar refractivity (Wildman–Crippen MR) is 129 cm³/mol. The van der Waals surface area contributed by atoms with Crippen LogP contribution < -0.4 is 16.8 Å². The van der Waals surface area contributed by atoms with Crippen LogP contribution in [0.4, 0.5) is 0 Å². The monoisotopic (exact) mass is 557 g/mol. The summed E-state index contributed by atoms with van der Waals surface area (Å²) in [5.74, 6) is -2.82. The van der Waals surface area contributed by atoms with Gasteiger partial charge in [-0.05, 0) is 23.3 Å². The van der Waals surface area contributed by atoms with E-state index in [0.717, 1.165) is 16.7 Å². The van der Waals surface area contributed by atoms with Crippen LogP contribution in [-0.4, -0.2) is 72.0 Å². The zero-order valence-electron chi connectivity index (χ0n) is 17.5. The molecule has 0 saturated carbocycles. The lowest BCUT2D eigenvalue weighted by Gasteiger charge is -2.49. The SMILES string of the molecule is NC(=O)c1nn[nH]c1SCC1=C(C(=O)O)N2C(=O)C(NC(=O)C(N)c3ccc(Cl)c(Cl)c3)[C@@H]2SC1. The number of nitrogens with two attached hydrogens (primary N) is 2. The van der Waals surface area contributed by atoms with Crippen LogP contribution in [-0.2, 0) is 14.4 Å². The lowest BCUT2D eigenvalue weighted by atomic mass is 10.0. The van der Waals surface area contributed by atoms with E-state index in [-0.39, 0.29) is 27.9 Å². The Bertz CT molecular complexity index is 1270. The number of halogens is 2. The summed E-state index contributed by atoms with van der Waals surface area (Å²) >= 11 is 14.3. The zero-order chi connectivity index (χ0) is 25.4. The van der Waals surface area contributed by atoms with E-state index in [0.29, 0.717) is 21.2 Å². The van der Waals surface area contributed by atoms with Crippen molar-refractivity contribution in [2.45, 2.75) is 22.5 Å². The Hall–Kier alpha value is -2.78. The van der Waals surface area contributed by atoms with Crippen molar-refractivity contribution in [1.82, 2.24) is 25.6 Å². The molecule has 1 aromatic carbocycles. The van der Waals surface area contributed by atoms with Crippen molar-refractivity contribution < 1.29 is 24.3 Å². The number of fused-ring (bicyclic) bond motifs is 1. The number of aliphatic carboxylic acids is 1. The van der Waals surface area contributed by atoms with Crippen molar-refractivity contribution in [1.29, 1.82) is 0 Å². The van der Waals surface area contributed by atoms with Gasteiger partial charge in [0.15, 0.2) is 5.69 Å². The molecule has 1 saturated heterocycles. The topological polar surface area (TPSA) is 197 Å². The summed E-state index contributed by atoms with van der Waals surface area (Å²) in [5.41, 5.74) is 11.9. The highest BCUT2D eigenvalue weighted by Crippen LogP contribution is 2.41. The number of aromatic amines is 1. The van der Waals surface area contributed by atoms with Crippen molar-refractivity contribution in [3.05, 3.63) is 50.8 Å². The molecule has 3 heterocycles. The molecule has 16 heteroatoms. The van der Waals surface area contributed by atoms with Gasteiger partial charge in [0, 0.05) is 11.5 Å². The molecular weight excluding hydrogens is 541 g/mol. The van der Waals surface area contributed by atoms with Crippen LogP contribution in [0.25, 0.3) is 0 Å². The Morgan fingerprint density at radius 2 is 2.09 bits per heavy atom. The predicted octanol–water partition coefficient (Wildman–Crippen LogP) is 0.741. The summed E-state index contributed by atoms with van der Waals surface area (Å²) in [6, 6.07) is 2.48. The second-order valence-corrected chi connectivity index (χ2v) is 10.4. The number of hydrogen-bond donors (Lipinski definition) is 5. The highest BCUT2D eigenvalue weighted by molar-refractivity contribution is 8.01. The molecule has 2 aliphatic rings. The van der Waals surface area contributed by atoms with Gasteiger partial charge in [-0.2, -0.15) is 0 Å². The van der Waals surface area contributed by atoms with Gasteiger partial charge in [0.05, 0.1) is 10.0 Å². The van der Waals surface area contributed by atoms with Gasteiger partial charge in [-0.1, -0.05) is 46.2 Å². The average molecular weight is 558 g/mol. The first-order valence-electron chi connectivity index (χ1n) is 9.84. The van der Waals surface area contributed by atoms with E-state index in [1.54, 1.807) is 6.07 Å².